The molecule has 0 saturated heterocycles. The molecule has 0 saturated carbocycles. The zero-order chi connectivity index (χ0) is 91.3. The van der Waals surface area contributed by atoms with Gasteiger partial charge in [-0.2, -0.15) is 13.2 Å². The van der Waals surface area contributed by atoms with Gasteiger partial charge in [0.2, 0.25) is 11.8 Å². The Morgan fingerprint density at radius 2 is 0.992 bits per heavy atom. The molecule has 0 fully saturated rings. The molecule has 0 spiro atoms. The van der Waals surface area contributed by atoms with Gasteiger partial charge in [0.25, 0.3) is 23.6 Å². The van der Waals surface area contributed by atoms with E-state index in [1.165, 1.54) is 65.4 Å². The molecule has 7 unspecified atom stereocenters. The van der Waals surface area contributed by atoms with Crippen molar-refractivity contribution >= 4 is 102 Å². The molecule has 4 aliphatic carbocycles. The smallest absolute Gasteiger partial charge is 0.416 e. The lowest BCUT2D eigenvalue weighted by Crippen LogP contribution is -2.37. The fraction of sp³-hybridized carbons (Fsp3) is 0.337. The van der Waals surface area contributed by atoms with Crippen molar-refractivity contribution < 1.29 is 72.2 Å². The number of carbonyl (C=O) groups excluding carboxylic acids is 5. The number of nitrogens with zero attached hydrogens (tertiary/aromatic N) is 2. The van der Waals surface area contributed by atoms with Crippen LogP contribution in [0, 0.1) is 17.8 Å². The molecule has 7 atom stereocenters. The van der Waals surface area contributed by atoms with Crippen LogP contribution in [0.1, 0.15) is 141 Å². The van der Waals surface area contributed by atoms with Crippen LogP contribution < -0.4 is 81.5 Å². The molecule has 127 heavy (non-hydrogen) atoms. The molecule has 2 heterocycles. The second-order valence-electron chi connectivity index (χ2n) is 31.1. The number of halogens is 5. The number of alkyl halides is 5. The number of carbonyl (C=O) groups is 5. The Hall–Kier alpha value is -11.4. The van der Waals surface area contributed by atoms with Crippen LogP contribution in [0.4, 0.5) is 39.0 Å². The van der Waals surface area contributed by atoms with Crippen molar-refractivity contribution in [1.82, 2.24) is 16.0 Å². The summed E-state index contributed by atoms with van der Waals surface area (Å²) >= 11 is 2.34. The molecule has 0 bridgehead atoms. The Balaban J connectivity index is 0.000000187. The number of allylic oxidation sites excluding steroid dienone is 7. The topological polar surface area (TPSA) is 451 Å². The van der Waals surface area contributed by atoms with Crippen LogP contribution in [-0.4, -0.2) is 133 Å². The van der Waals surface area contributed by atoms with Gasteiger partial charge in [-0.25, -0.2) is 25.6 Å². The van der Waals surface area contributed by atoms with E-state index in [9.17, 15) is 62.8 Å². The number of nitrogens with two attached hydrogens (primary N) is 7. The molecule has 35 heteroatoms. The number of rotatable bonds is 34. The van der Waals surface area contributed by atoms with Gasteiger partial charge in [-0.3, -0.25) is 34.0 Å². The molecule has 6 aliphatic rings. The zero-order valence-corrected chi connectivity index (χ0v) is 73.7. The number of guanidine groups is 1. The number of anilines is 3. The average Bonchev–Trinajstić information content (AvgIpc) is 1.67. The van der Waals surface area contributed by atoms with E-state index in [0.29, 0.717) is 152 Å². The van der Waals surface area contributed by atoms with Gasteiger partial charge in [-0.1, -0.05) is 78.9 Å². The maximum atomic E-state index is 14.1. The van der Waals surface area contributed by atoms with Crippen LogP contribution >= 0.6 is 23.5 Å². The van der Waals surface area contributed by atoms with Gasteiger partial charge in [-0.15, -0.1) is 23.5 Å². The first-order chi connectivity index (χ1) is 60.6. The first kappa shape index (κ1) is 96.2. The van der Waals surface area contributed by atoms with Crippen molar-refractivity contribution in [2.75, 3.05) is 79.9 Å². The van der Waals surface area contributed by atoms with Gasteiger partial charge in [-0.05, 0) is 202 Å². The Morgan fingerprint density at radius 3 is 1.56 bits per heavy atom. The van der Waals surface area contributed by atoms with E-state index in [2.05, 4.69) is 85.2 Å². The van der Waals surface area contributed by atoms with E-state index < -0.39 is 65.6 Å². The number of amides is 5. The van der Waals surface area contributed by atoms with Crippen molar-refractivity contribution in [3.63, 3.8) is 0 Å². The number of amidine groups is 1. The van der Waals surface area contributed by atoms with Crippen molar-refractivity contribution in [1.29, 1.82) is 0 Å². The maximum Gasteiger partial charge on any atom is 0.416 e. The van der Waals surface area contributed by atoms with Gasteiger partial charge < -0.3 is 81.5 Å². The average molecular weight is 1820 g/mol. The van der Waals surface area contributed by atoms with Gasteiger partial charge in [0, 0.05) is 143 Å². The Labute approximate surface area is 744 Å². The molecule has 0 aromatic heterocycles. The van der Waals surface area contributed by atoms with E-state index in [0.717, 1.165) is 72.4 Å². The minimum absolute atomic E-state index is 0.0125. The third-order valence-corrected chi connectivity index (χ3v) is 28.2. The monoisotopic (exact) mass is 1820 g/mol. The highest BCUT2D eigenvalue weighted by atomic mass is 32.2. The molecule has 5 amide bonds. The summed E-state index contributed by atoms with van der Waals surface area (Å²) in [7, 11) is -7.84. The fourth-order valence-electron chi connectivity index (χ4n) is 15.5. The summed E-state index contributed by atoms with van der Waals surface area (Å²) in [5.74, 6) is -2.75. The lowest BCUT2D eigenvalue weighted by Gasteiger charge is -2.32. The zero-order valence-electron chi connectivity index (χ0n) is 70.4. The number of fused-ring (bicyclic) bond motifs is 7. The van der Waals surface area contributed by atoms with Crippen LogP contribution in [0.25, 0.3) is 0 Å². The summed E-state index contributed by atoms with van der Waals surface area (Å²) in [5.41, 5.74) is 45.2. The Bertz CT molecular complexity index is 5710. The third-order valence-electron chi connectivity index (χ3n) is 21.6. The molecule has 2 aliphatic heterocycles. The molecule has 674 valence electrons. The minimum atomic E-state index is -4.69. The highest BCUT2D eigenvalue weighted by Crippen LogP contribution is 2.46. The van der Waals surface area contributed by atoms with Crippen molar-refractivity contribution in [2.24, 2.45) is 67.9 Å². The normalized spacial score (nSPS) is 18.5. The van der Waals surface area contributed by atoms with Crippen LogP contribution in [0.5, 0.6) is 11.5 Å². The van der Waals surface area contributed by atoms with E-state index >= 15 is 0 Å². The number of ether oxygens (including phenoxy) is 2. The van der Waals surface area contributed by atoms with E-state index in [1.54, 1.807) is 61.6 Å². The molecule has 0 radical (unpaired) electrons. The number of sulfone groups is 2. The maximum absolute atomic E-state index is 14.1. The highest BCUT2D eigenvalue weighted by molar-refractivity contribution is 7.99. The summed E-state index contributed by atoms with van der Waals surface area (Å²) in [6.07, 6.45) is 16.5. The van der Waals surface area contributed by atoms with Crippen LogP contribution in [0.15, 0.2) is 241 Å². The number of nitrogens with one attached hydrogen (secondary N) is 6. The van der Waals surface area contributed by atoms with Crippen molar-refractivity contribution in [2.45, 2.75) is 133 Å². The Morgan fingerprint density at radius 1 is 0.504 bits per heavy atom. The number of para-hydroxylation sites is 2. The molecule has 20 N–H and O–H groups in total. The van der Waals surface area contributed by atoms with E-state index in [1.807, 2.05) is 42.5 Å². The molecule has 7 aromatic carbocycles. The second kappa shape index (κ2) is 43.8. The summed E-state index contributed by atoms with van der Waals surface area (Å²) in [4.78, 5) is 73.2. The van der Waals surface area contributed by atoms with Crippen LogP contribution in [0.2, 0.25) is 0 Å². The van der Waals surface area contributed by atoms with Gasteiger partial charge in [0.15, 0.2) is 25.6 Å². The highest BCUT2D eigenvalue weighted by Gasteiger charge is 2.43. The van der Waals surface area contributed by atoms with Gasteiger partial charge in [0.05, 0.1) is 54.4 Å². The number of hydrogen-bond acceptors (Lipinski definition) is 20. The van der Waals surface area contributed by atoms with Gasteiger partial charge >= 0.3 is 6.18 Å². The molecule has 7 aromatic rings. The molecule has 26 nitrogen and oxygen atoms in total. The van der Waals surface area contributed by atoms with Crippen LogP contribution in [0.3, 0.4) is 0 Å². The first-order valence-electron chi connectivity index (χ1n) is 41.6. The third kappa shape index (κ3) is 25.5. The predicted octanol–water partition coefficient (Wildman–Crippen LogP) is 12.5. The lowest BCUT2D eigenvalue weighted by molar-refractivity contribution is -0.137. The van der Waals surface area contributed by atoms with Crippen molar-refractivity contribution in [3.05, 3.63) is 267 Å². The number of hydrogen-bond donors (Lipinski definition) is 13. The van der Waals surface area contributed by atoms with E-state index in [-0.39, 0.29) is 91.4 Å². The summed E-state index contributed by atoms with van der Waals surface area (Å²) in [6.45, 7) is 7.83. The standard InChI is InChI=1S/C34H33F5N4O4S3.C32H36N4O3.C26H37N7O4S/c1-33(35,36)21-4-8-27(48-12-10-40)25(15-21)31(44)42-23-6-2-19-14-20-3-7-24(18-30(20)50(46,47)29(19)17-23)43-32(45)26-16-22(34(37,38)39)5-9-28(26)49-13-11-41;1-21(26-6-2-4-8-30(26)38-16-14-33)35-24-10-12-27-22(19-24)18-23-20-25(11-13-28(23)27)36-32(37)29-7-3-5-9-31(29)39-17-15-34;1-17(27)30-12-4-2-6-24(34)32-20-10-8-18-14-19-9-11-21(16-23(19)38(36,37)22(18)15-20)33-25(35)7-3-5-13-31-26(28)29/h2-9,15-19,29H,10-14,40-41H2,1H3,(H,42,44)(H,43,45);2-13,19-21,23,28,35H,14-18,33-34H2,1H3,(H,36,37);8-11,15-16,18,22H,2-7,12-14H2,1H3,(H2,27,30)(H,32,34)(H,33,35)(H4,28,29,31). The second-order valence-corrected chi connectivity index (χ2v) is 37.5. The number of thioether (sulfide) groups is 2. The minimum Gasteiger partial charge on any atom is -0.492 e. The SMILES string of the molecule is CC(F)(F)c1ccc(SCCN)c(C(=O)NC2=CC3C(C=C2)Cc2ccc(NC(=O)c4cc(C(F)(F)F)ccc4SCCN)cc2S3(=O)=O)c1.CC(N)=NCCCCC(=O)NC1=CC2C(C=C1)Cc1ccc(NC(=O)CCCCN=C(N)N)cc1S2(=O)=O.CC(Nc1ccc2c(c1)CC1C=C(NC(=O)c3ccccc3OCCN)C=CC21)c1ccccc1OCCN. The largest absolute Gasteiger partial charge is 0.492 e. The fourth-order valence-corrected chi connectivity index (χ4v) is 21.2. The van der Waals surface area contributed by atoms with Gasteiger partial charge in [0.1, 0.15) is 24.7 Å². The number of aliphatic imine (C=N–C) groups is 2. The predicted molar refractivity (Wildman–Crippen MR) is 488 cm³/mol. The molecular formula is C92H106F5N15O11S4. The number of benzene rings is 7. The van der Waals surface area contributed by atoms with E-state index in [4.69, 9.17) is 49.6 Å². The Kier molecular flexibility index (Phi) is 33.2. The number of unbranched alkanes of at least 4 members (excludes halogenated alkanes) is 2. The molecular weight excluding hydrogens is 1710 g/mol. The summed E-state index contributed by atoms with van der Waals surface area (Å²) < 4.78 is 135. The first-order valence-corrected chi connectivity index (χ1v) is 46.6. The summed E-state index contributed by atoms with van der Waals surface area (Å²) in [5, 5.41) is 15.6. The lowest BCUT2D eigenvalue weighted by atomic mass is 9.88. The van der Waals surface area contributed by atoms with Crippen LogP contribution in [-0.2, 0) is 60.6 Å². The summed E-state index contributed by atoms with van der Waals surface area (Å²) in [6, 6.07) is 37.9. The quantitative estimate of drug-likeness (QED) is 0.00586. The molecule has 13 rings (SSSR count). The van der Waals surface area contributed by atoms with Crippen molar-refractivity contribution in [3.8, 4) is 11.5 Å².